The van der Waals surface area contributed by atoms with E-state index in [1.807, 2.05) is 12.1 Å². The van der Waals surface area contributed by atoms with Crippen LogP contribution in [0.3, 0.4) is 0 Å². The highest BCUT2D eigenvalue weighted by atomic mass is 35.5. The quantitative estimate of drug-likeness (QED) is 0.690. The van der Waals surface area contributed by atoms with Crippen molar-refractivity contribution in [3.8, 4) is 11.8 Å². The number of aryl methyl sites for hydroxylation is 1. The van der Waals surface area contributed by atoms with Gasteiger partial charge in [-0.2, -0.15) is 5.26 Å². The molecule has 3 rings (SSSR count). The van der Waals surface area contributed by atoms with Gasteiger partial charge >= 0.3 is 0 Å². The first kappa shape index (κ1) is 13.6. The van der Waals surface area contributed by atoms with Crippen LogP contribution >= 0.6 is 11.6 Å². The molecule has 1 aromatic heterocycles. The van der Waals surface area contributed by atoms with E-state index in [4.69, 9.17) is 11.6 Å². The number of benzene rings is 2. The molecule has 0 unspecified atom stereocenters. The van der Waals surface area contributed by atoms with E-state index in [-0.39, 0.29) is 5.82 Å². The molecule has 0 fully saturated rings. The Bertz CT molecular complexity index is 848. The number of hydrogen-bond donors (Lipinski definition) is 0. The topological polar surface area (TPSA) is 41.6 Å². The van der Waals surface area contributed by atoms with Gasteiger partial charge in [0.2, 0.25) is 0 Å². The van der Waals surface area contributed by atoms with Crippen LogP contribution in [0.1, 0.15) is 11.4 Å². The summed E-state index contributed by atoms with van der Waals surface area (Å²) in [6, 6.07) is 13.8. The number of rotatable bonds is 3. The van der Waals surface area contributed by atoms with E-state index in [1.54, 1.807) is 22.8 Å². The van der Waals surface area contributed by atoms with Crippen molar-refractivity contribution in [2.24, 2.45) is 0 Å². The van der Waals surface area contributed by atoms with Crippen LogP contribution in [-0.4, -0.2) is 15.4 Å². The zero-order chi connectivity index (χ0) is 14.8. The summed E-state index contributed by atoms with van der Waals surface area (Å²) in [5.74, 6) is 0.782. The molecule has 0 bridgehead atoms. The van der Waals surface area contributed by atoms with E-state index in [0.29, 0.717) is 40.4 Å². The Kier molecular flexibility index (Phi) is 3.59. The summed E-state index contributed by atoms with van der Waals surface area (Å²) in [5, 5.41) is 9.28. The summed E-state index contributed by atoms with van der Waals surface area (Å²) in [6.07, 6.45) is 0.539. The molecule has 0 aliphatic carbocycles. The van der Waals surface area contributed by atoms with Gasteiger partial charge in [-0.3, -0.25) is 4.57 Å². The van der Waals surface area contributed by atoms with E-state index in [0.717, 1.165) is 0 Å². The predicted octanol–water partition coefficient (Wildman–Crippen LogP) is 3.82. The van der Waals surface area contributed by atoms with Gasteiger partial charge in [0.25, 0.3) is 0 Å². The molecule has 3 nitrogen and oxygen atoms in total. The van der Waals surface area contributed by atoms with Crippen LogP contribution in [0.25, 0.3) is 16.7 Å². The third kappa shape index (κ3) is 2.37. The minimum Gasteiger partial charge on any atom is -0.295 e. The monoisotopic (exact) mass is 299 g/mol. The number of hydrogen-bond acceptors (Lipinski definition) is 2. The van der Waals surface area contributed by atoms with Crippen molar-refractivity contribution in [2.45, 2.75) is 6.42 Å². The lowest BCUT2D eigenvalue weighted by atomic mass is 10.2. The van der Waals surface area contributed by atoms with Crippen molar-refractivity contribution in [3.63, 3.8) is 0 Å². The number of halogens is 2. The molecule has 0 saturated carbocycles. The van der Waals surface area contributed by atoms with Gasteiger partial charge in [-0.25, -0.2) is 9.37 Å². The van der Waals surface area contributed by atoms with E-state index < -0.39 is 0 Å². The Morgan fingerprint density at radius 3 is 2.81 bits per heavy atom. The first-order chi connectivity index (χ1) is 10.2. The number of nitrogens with zero attached hydrogens (tertiary/aromatic N) is 3. The average Bonchev–Trinajstić information content (AvgIpc) is 2.84. The zero-order valence-corrected chi connectivity index (χ0v) is 11.8. The van der Waals surface area contributed by atoms with E-state index >= 15 is 0 Å². The Morgan fingerprint density at radius 1 is 1.24 bits per heavy atom. The van der Waals surface area contributed by atoms with Crippen molar-refractivity contribution in [2.75, 3.05) is 5.88 Å². The minimum absolute atomic E-state index is 0.337. The Hall–Kier alpha value is -2.38. The second kappa shape index (κ2) is 5.55. The van der Waals surface area contributed by atoms with Crippen LogP contribution in [-0.2, 0) is 6.42 Å². The second-order valence-corrected chi connectivity index (χ2v) is 4.94. The molecule has 104 valence electrons. The molecule has 0 N–H and O–H groups in total. The first-order valence-electron chi connectivity index (χ1n) is 6.47. The van der Waals surface area contributed by atoms with Crippen molar-refractivity contribution >= 4 is 22.6 Å². The summed E-state index contributed by atoms with van der Waals surface area (Å²) in [7, 11) is 0. The Labute approximate surface area is 126 Å². The predicted molar refractivity (Wildman–Crippen MR) is 80.2 cm³/mol. The lowest BCUT2D eigenvalue weighted by molar-refractivity contribution is 0.629. The van der Waals surface area contributed by atoms with Crippen LogP contribution in [0.5, 0.6) is 0 Å². The van der Waals surface area contributed by atoms with Crippen LogP contribution < -0.4 is 0 Å². The maximum atomic E-state index is 13.6. The van der Waals surface area contributed by atoms with Crippen molar-refractivity contribution in [3.05, 3.63) is 59.7 Å². The summed E-state index contributed by atoms with van der Waals surface area (Å²) in [5.41, 5.74) is 2.52. The minimum atomic E-state index is -0.337. The third-order valence-corrected chi connectivity index (χ3v) is 3.46. The van der Waals surface area contributed by atoms with Crippen LogP contribution in [0, 0.1) is 17.1 Å². The van der Waals surface area contributed by atoms with Gasteiger partial charge in [0.15, 0.2) is 0 Å². The fourth-order valence-electron chi connectivity index (χ4n) is 2.38. The molecule has 0 aliphatic rings. The first-order valence-corrected chi connectivity index (χ1v) is 7.00. The van der Waals surface area contributed by atoms with Crippen LogP contribution in [0.2, 0.25) is 0 Å². The summed E-state index contributed by atoms with van der Waals surface area (Å²) < 4.78 is 15.4. The van der Waals surface area contributed by atoms with Gasteiger partial charge in [0.1, 0.15) is 17.7 Å². The number of imidazole rings is 1. The molecule has 0 amide bonds. The molecule has 1 heterocycles. The number of aromatic nitrogens is 2. The largest absolute Gasteiger partial charge is 0.295 e. The van der Waals surface area contributed by atoms with Gasteiger partial charge in [-0.15, -0.1) is 11.6 Å². The van der Waals surface area contributed by atoms with E-state index in [2.05, 4.69) is 11.1 Å². The standard InChI is InChI=1S/C16H11ClFN3/c17-8-7-16-20-13-6-5-12(18)9-15(13)21(16)14-4-2-1-3-11(14)10-19/h1-6,9H,7-8H2. The summed E-state index contributed by atoms with van der Waals surface area (Å²) in [4.78, 5) is 4.50. The molecule has 0 saturated heterocycles. The lowest BCUT2D eigenvalue weighted by Crippen LogP contribution is -2.04. The molecular formula is C16H11ClFN3. The Morgan fingerprint density at radius 2 is 2.05 bits per heavy atom. The van der Waals surface area contributed by atoms with E-state index in [1.165, 1.54) is 12.1 Å². The van der Waals surface area contributed by atoms with Crippen LogP contribution in [0.4, 0.5) is 4.39 Å². The summed E-state index contributed by atoms with van der Waals surface area (Å²) in [6.45, 7) is 0. The molecule has 0 aliphatic heterocycles. The van der Waals surface area contributed by atoms with E-state index in [9.17, 15) is 9.65 Å². The number of alkyl halides is 1. The highest BCUT2D eigenvalue weighted by Crippen LogP contribution is 2.25. The van der Waals surface area contributed by atoms with Gasteiger partial charge in [-0.05, 0) is 24.3 Å². The normalized spacial score (nSPS) is 10.7. The molecule has 2 aromatic carbocycles. The van der Waals surface area contributed by atoms with Gasteiger partial charge in [-0.1, -0.05) is 12.1 Å². The van der Waals surface area contributed by atoms with Gasteiger partial charge in [0.05, 0.1) is 22.3 Å². The molecular weight excluding hydrogens is 289 g/mol. The number of para-hydroxylation sites is 1. The maximum absolute atomic E-state index is 13.6. The van der Waals surface area contributed by atoms with Gasteiger partial charge in [0, 0.05) is 18.4 Å². The third-order valence-electron chi connectivity index (χ3n) is 3.27. The lowest BCUT2D eigenvalue weighted by Gasteiger charge is -2.10. The smallest absolute Gasteiger partial charge is 0.125 e. The zero-order valence-electron chi connectivity index (χ0n) is 11.1. The van der Waals surface area contributed by atoms with Crippen molar-refractivity contribution in [1.29, 1.82) is 5.26 Å². The molecule has 0 spiro atoms. The van der Waals surface area contributed by atoms with Crippen molar-refractivity contribution in [1.82, 2.24) is 9.55 Å². The maximum Gasteiger partial charge on any atom is 0.125 e. The molecule has 3 aromatic rings. The second-order valence-electron chi connectivity index (χ2n) is 4.56. The molecule has 0 atom stereocenters. The van der Waals surface area contributed by atoms with Crippen molar-refractivity contribution < 1.29 is 4.39 Å². The SMILES string of the molecule is N#Cc1ccccc1-n1c(CCCl)nc2ccc(F)cc21. The molecule has 5 heteroatoms. The number of fused-ring (bicyclic) bond motifs is 1. The molecule has 0 radical (unpaired) electrons. The molecule has 21 heavy (non-hydrogen) atoms. The van der Waals surface area contributed by atoms with Gasteiger partial charge < -0.3 is 0 Å². The highest BCUT2D eigenvalue weighted by molar-refractivity contribution is 6.17. The average molecular weight is 300 g/mol. The highest BCUT2D eigenvalue weighted by Gasteiger charge is 2.15. The van der Waals surface area contributed by atoms with Crippen LogP contribution in [0.15, 0.2) is 42.5 Å². The summed E-state index contributed by atoms with van der Waals surface area (Å²) >= 11 is 5.84. The Balaban J connectivity index is 2.36. The fourth-order valence-corrected chi connectivity index (χ4v) is 2.55. The number of nitriles is 1. The fraction of sp³-hybridized carbons (Fsp3) is 0.125.